The number of nitrogens with one attached hydrogen (secondary N) is 2. The predicted octanol–water partition coefficient (Wildman–Crippen LogP) is 3.46. The number of thiophene rings is 1. The Kier molecular flexibility index (Phi) is 5.72. The Labute approximate surface area is 134 Å². The molecule has 5 heteroatoms. The lowest BCUT2D eigenvalue weighted by Crippen LogP contribution is -2.32. The Balaban J connectivity index is 2.07. The van der Waals surface area contributed by atoms with Crippen LogP contribution in [0.15, 0.2) is 41.8 Å². The molecule has 1 heterocycles. The van der Waals surface area contributed by atoms with E-state index in [4.69, 9.17) is 0 Å². The summed E-state index contributed by atoms with van der Waals surface area (Å²) in [5.41, 5.74) is 1.03. The first-order chi connectivity index (χ1) is 10.6. The van der Waals surface area contributed by atoms with Crippen molar-refractivity contribution in [3.8, 4) is 0 Å². The summed E-state index contributed by atoms with van der Waals surface area (Å²) in [6.07, 6.45) is 1.18. The highest BCUT2D eigenvalue weighted by molar-refractivity contribution is 7.10. The first-order valence-electron chi connectivity index (χ1n) is 7.32. The third-order valence-electron chi connectivity index (χ3n) is 3.35. The third kappa shape index (κ3) is 4.43. The molecule has 2 rings (SSSR count). The molecule has 0 radical (unpaired) electrons. The zero-order valence-electron chi connectivity index (χ0n) is 12.8. The topological polar surface area (TPSA) is 58.2 Å². The average Bonchev–Trinajstić information content (AvgIpc) is 3.00. The van der Waals surface area contributed by atoms with Crippen LogP contribution < -0.4 is 10.6 Å². The smallest absolute Gasteiger partial charge is 0.253 e. The van der Waals surface area contributed by atoms with E-state index in [0.717, 1.165) is 11.3 Å². The molecule has 116 valence electrons. The van der Waals surface area contributed by atoms with Gasteiger partial charge in [0, 0.05) is 10.9 Å². The van der Waals surface area contributed by atoms with E-state index in [1.54, 1.807) is 35.6 Å². The van der Waals surface area contributed by atoms with Gasteiger partial charge in [-0.05, 0) is 36.9 Å². The number of rotatable bonds is 6. The summed E-state index contributed by atoms with van der Waals surface area (Å²) in [6, 6.07) is 11.0. The van der Waals surface area contributed by atoms with E-state index < -0.39 is 0 Å². The van der Waals surface area contributed by atoms with Crippen molar-refractivity contribution in [1.82, 2.24) is 5.32 Å². The van der Waals surface area contributed by atoms with Gasteiger partial charge in [0.2, 0.25) is 5.91 Å². The summed E-state index contributed by atoms with van der Waals surface area (Å²) in [5.74, 6) is -0.285. The summed E-state index contributed by atoms with van der Waals surface area (Å²) >= 11 is 1.54. The second-order valence-electron chi connectivity index (χ2n) is 5.13. The van der Waals surface area contributed by atoms with Crippen LogP contribution in [0, 0.1) is 0 Å². The fraction of sp³-hybridized carbons (Fsp3) is 0.294. The van der Waals surface area contributed by atoms with Crippen LogP contribution in [-0.2, 0) is 11.2 Å². The number of hydrogen-bond donors (Lipinski definition) is 2. The predicted molar refractivity (Wildman–Crippen MR) is 90.3 cm³/mol. The molecule has 4 nitrogen and oxygen atoms in total. The van der Waals surface area contributed by atoms with Crippen molar-refractivity contribution < 1.29 is 9.59 Å². The van der Waals surface area contributed by atoms with E-state index in [-0.39, 0.29) is 17.9 Å². The molecule has 0 spiro atoms. The van der Waals surface area contributed by atoms with E-state index in [9.17, 15) is 9.59 Å². The molecule has 0 fully saturated rings. The minimum Gasteiger partial charge on any atom is -0.350 e. The van der Waals surface area contributed by atoms with Crippen molar-refractivity contribution in [3.63, 3.8) is 0 Å². The van der Waals surface area contributed by atoms with Gasteiger partial charge in [-0.1, -0.05) is 25.1 Å². The lowest BCUT2D eigenvalue weighted by molar-refractivity contribution is -0.115. The maximum Gasteiger partial charge on any atom is 0.253 e. The Bertz CT molecular complexity index is 638. The van der Waals surface area contributed by atoms with Gasteiger partial charge in [-0.3, -0.25) is 9.59 Å². The van der Waals surface area contributed by atoms with E-state index in [1.807, 2.05) is 31.4 Å². The number of benzene rings is 1. The number of hydrogen-bond acceptors (Lipinski definition) is 3. The summed E-state index contributed by atoms with van der Waals surface area (Å²) in [7, 11) is 0. The largest absolute Gasteiger partial charge is 0.350 e. The van der Waals surface area contributed by atoms with Crippen molar-refractivity contribution in [2.24, 2.45) is 0 Å². The normalized spacial score (nSPS) is 11.7. The van der Waals surface area contributed by atoms with E-state index in [2.05, 4.69) is 10.6 Å². The fourth-order valence-electron chi connectivity index (χ4n) is 1.96. The van der Waals surface area contributed by atoms with Crippen LogP contribution in [0.5, 0.6) is 0 Å². The van der Waals surface area contributed by atoms with Crippen LogP contribution in [-0.4, -0.2) is 17.9 Å². The zero-order chi connectivity index (χ0) is 15.9. The maximum absolute atomic E-state index is 12.3. The van der Waals surface area contributed by atoms with Crippen molar-refractivity contribution in [2.45, 2.75) is 32.7 Å². The number of carbonyl (C=O) groups is 2. The SMILES string of the molecule is CC[C@@H](C)NC(=O)c1ccccc1NC(=O)Cc1cccs1. The number of carbonyl (C=O) groups excluding carboxylic acids is 2. The van der Waals surface area contributed by atoms with Crippen molar-refractivity contribution in [3.05, 3.63) is 52.2 Å². The highest BCUT2D eigenvalue weighted by Crippen LogP contribution is 2.17. The second-order valence-corrected chi connectivity index (χ2v) is 6.16. The fourth-order valence-corrected chi connectivity index (χ4v) is 2.66. The average molecular weight is 316 g/mol. The Morgan fingerprint density at radius 1 is 1.18 bits per heavy atom. The molecule has 0 aliphatic carbocycles. The summed E-state index contributed by atoms with van der Waals surface area (Å²) in [5, 5.41) is 7.69. The molecule has 0 saturated carbocycles. The van der Waals surface area contributed by atoms with E-state index >= 15 is 0 Å². The van der Waals surface area contributed by atoms with Crippen LogP contribution in [0.3, 0.4) is 0 Å². The standard InChI is InChI=1S/C17H20N2O2S/c1-3-12(2)18-17(21)14-8-4-5-9-15(14)19-16(20)11-13-7-6-10-22-13/h4-10,12H,3,11H2,1-2H3,(H,18,21)(H,19,20)/t12-/m1/s1. The molecule has 1 atom stereocenters. The third-order valence-corrected chi connectivity index (χ3v) is 4.23. The van der Waals surface area contributed by atoms with Gasteiger partial charge < -0.3 is 10.6 Å². The van der Waals surface area contributed by atoms with E-state index in [0.29, 0.717) is 17.7 Å². The molecular formula is C17H20N2O2S. The van der Waals surface area contributed by atoms with Gasteiger partial charge in [0.05, 0.1) is 17.7 Å². The second kappa shape index (κ2) is 7.75. The lowest BCUT2D eigenvalue weighted by Gasteiger charge is -2.14. The monoisotopic (exact) mass is 316 g/mol. The van der Waals surface area contributed by atoms with Crippen LogP contribution in [0.4, 0.5) is 5.69 Å². The van der Waals surface area contributed by atoms with Gasteiger partial charge in [0.15, 0.2) is 0 Å². The molecule has 0 aliphatic rings. The molecule has 2 aromatic rings. The molecule has 2 amide bonds. The number of anilines is 1. The maximum atomic E-state index is 12.3. The van der Waals surface area contributed by atoms with Crippen LogP contribution in [0.1, 0.15) is 35.5 Å². The molecule has 0 bridgehead atoms. The lowest BCUT2D eigenvalue weighted by atomic mass is 10.1. The summed E-state index contributed by atoms with van der Waals surface area (Å²) < 4.78 is 0. The van der Waals surface area contributed by atoms with Gasteiger partial charge >= 0.3 is 0 Å². The van der Waals surface area contributed by atoms with Crippen LogP contribution in [0.2, 0.25) is 0 Å². The van der Waals surface area contributed by atoms with Crippen molar-refractivity contribution >= 4 is 28.8 Å². The molecule has 1 aromatic carbocycles. The number of para-hydroxylation sites is 1. The Hall–Kier alpha value is -2.14. The zero-order valence-corrected chi connectivity index (χ0v) is 13.6. The Morgan fingerprint density at radius 2 is 1.95 bits per heavy atom. The molecule has 22 heavy (non-hydrogen) atoms. The van der Waals surface area contributed by atoms with Gasteiger partial charge in [0.1, 0.15) is 0 Å². The van der Waals surface area contributed by atoms with Gasteiger partial charge in [0.25, 0.3) is 5.91 Å². The van der Waals surface area contributed by atoms with Crippen molar-refractivity contribution in [1.29, 1.82) is 0 Å². The molecular weight excluding hydrogens is 296 g/mol. The summed E-state index contributed by atoms with van der Waals surface area (Å²) in [6.45, 7) is 3.97. The first-order valence-corrected chi connectivity index (χ1v) is 8.20. The molecule has 0 unspecified atom stereocenters. The van der Waals surface area contributed by atoms with Gasteiger partial charge in [-0.2, -0.15) is 0 Å². The van der Waals surface area contributed by atoms with E-state index in [1.165, 1.54) is 0 Å². The number of amides is 2. The quantitative estimate of drug-likeness (QED) is 0.857. The molecule has 2 N–H and O–H groups in total. The first kappa shape index (κ1) is 16.2. The minimum atomic E-state index is -0.165. The van der Waals surface area contributed by atoms with Crippen LogP contribution >= 0.6 is 11.3 Å². The molecule has 0 saturated heterocycles. The highest BCUT2D eigenvalue weighted by atomic mass is 32.1. The van der Waals surface area contributed by atoms with Gasteiger partial charge in [-0.25, -0.2) is 0 Å². The molecule has 1 aromatic heterocycles. The van der Waals surface area contributed by atoms with Crippen LogP contribution in [0.25, 0.3) is 0 Å². The Morgan fingerprint density at radius 3 is 2.64 bits per heavy atom. The summed E-state index contributed by atoms with van der Waals surface area (Å²) in [4.78, 5) is 25.4. The minimum absolute atomic E-state index is 0.0994. The van der Waals surface area contributed by atoms with Gasteiger partial charge in [-0.15, -0.1) is 11.3 Å². The highest BCUT2D eigenvalue weighted by Gasteiger charge is 2.14. The molecule has 0 aliphatic heterocycles. The van der Waals surface area contributed by atoms with Crippen molar-refractivity contribution in [2.75, 3.05) is 5.32 Å².